The number of rotatable bonds is 12. The van der Waals surface area contributed by atoms with E-state index in [1.807, 2.05) is 6.26 Å². The highest BCUT2D eigenvalue weighted by molar-refractivity contribution is 7.99. The standard InChI is InChI=1S/C16H33NOS/c1-5-7-9-10-12-16(3,11-8-6-2)14-17-15(18)13-19-4/h5-14H2,1-4H3,(H,17,18). The highest BCUT2D eigenvalue weighted by atomic mass is 32.2. The number of carbonyl (C=O) groups excluding carboxylic acids is 1. The second-order valence-corrected chi connectivity index (χ2v) is 6.80. The van der Waals surface area contributed by atoms with Gasteiger partial charge in [-0.3, -0.25) is 4.79 Å². The lowest BCUT2D eigenvalue weighted by Gasteiger charge is -2.30. The Labute approximate surface area is 124 Å². The van der Waals surface area contributed by atoms with Crippen molar-refractivity contribution >= 4 is 17.7 Å². The van der Waals surface area contributed by atoms with Gasteiger partial charge in [-0.2, -0.15) is 11.8 Å². The van der Waals surface area contributed by atoms with E-state index in [4.69, 9.17) is 0 Å². The molecular formula is C16H33NOS. The van der Waals surface area contributed by atoms with Crippen LogP contribution in [0.3, 0.4) is 0 Å². The maximum absolute atomic E-state index is 11.6. The van der Waals surface area contributed by atoms with Crippen molar-refractivity contribution in [3.8, 4) is 0 Å². The predicted octanol–water partition coefficient (Wildman–Crippen LogP) is 4.63. The van der Waals surface area contributed by atoms with E-state index in [0.717, 1.165) is 6.54 Å². The number of amides is 1. The van der Waals surface area contributed by atoms with Crippen LogP contribution in [0.15, 0.2) is 0 Å². The van der Waals surface area contributed by atoms with Crippen molar-refractivity contribution in [2.75, 3.05) is 18.6 Å². The normalized spacial score (nSPS) is 14.1. The number of hydrogen-bond donors (Lipinski definition) is 1. The second kappa shape index (κ2) is 11.6. The third-order valence-corrected chi connectivity index (χ3v) is 4.31. The molecule has 0 aromatic rings. The van der Waals surface area contributed by atoms with Crippen LogP contribution in [0.4, 0.5) is 0 Å². The van der Waals surface area contributed by atoms with Gasteiger partial charge in [0.25, 0.3) is 0 Å². The van der Waals surface area contributed by atoms with Gasteiger partial charge in [-0.05, 0) is 24.5 Å². The third kappa shape index (κ3) is 10.3. The van der Waals surface area contributed by atoms with Gasteiger partial charge in [0.2, 0.25) is 5.91 Å². The zero-order chi connectivity index (χ0) is 14.6. The molecule has 0 aromatic carbocycles. The van der Waals surface area contributed by atoms with E-state index in [-0.39, 0.29) is 11.3 Å². The van der Waals surface area contributed by atoms with Gasteiger partial charge in [0.1, 0.15) is 0 Å². The first-order valence-corrected chi connectivity index (χ1v) is 9.23. The molecule has 0 aliphatic rings. The van der Waals surface area contributed by atoms with Gasteiger partial charge in [0.05, 0.1) is 5.75 Å². The molecule has 0 saturated carbocycles. The first kappa shape index (κ1) is 18.8. The smallest absolute Gasteiger partial charge is 0.230 e. The minimum atomic E-state index is 0.184. The minimum Gasteiger partial charge on any atom is -0.355 e. The average Bonchev–Trinajstić information content (AvgIpc) is 2.40. The Morgan fingerprint density at radius 3 is 2.26 bits per heavy atom. The van der Waals surface area contributed by atoms with E-state index >= 15 is 0 Å². The van der Waals surface area contributed by atoms with Gasteiger partial charge in [-0.25, -0.2) is 0 Å². The summed E-state index contributed by atoms with van der Waals surface area (Å²) in [6, 6.07) is 0. The van der Waals surface area contributed by atoms with Gasteiger partial charge in [0, 0.05) is 6.54 Å². The topological polar surface area (TPSA) is 29.1 Å². The molecule has 1 N–H and O–H groups in total. The summed E-state index contributed by atoms with van der Waals surface area (Å²) in [4.78, 5) is 11.6. The van der Waals surface area contributed by atoms with Gasteiger partial charge in [0.15, 0.2) is 0 Å². The summed E-state index contributed by atoms with van der Waals surface area (Å²) in [6.07, 6.45) is 12.2. The van der Waals surface area contributed by atoms with Crippen LogP contribution in [0.25, 0.3) is 0 Å². The molecule has 2 nitrogen and oxygen atoms in total. The largest absolute Gasteiger partial charge is 0.355 e. The fourth-order valence-electron chi connectivity index (χ4n) is 2.38. The van der Waals surface area contributed by atoms with Crippen LogP contribution in [-0.4, -0.2) is 24.5 Å². The van der Waals surface area contributed by atoms with Crippen molar-refractivity contribution < 1.29 is 4.79 Å². The van der Waals surface area contributed by atoms with Crippen LogP contribution in [0.1, 0.15) is 72.1 Å². The first-order chi connectivity index (χ1) is 9.08. The molecule has 3 heteroatoms. The molecule has 19 heavy (non-hydrogen) atoms. The second-order valence-electron chi connectivity index (χ2n) is 5.93. The van der Waals surface area contributed by atoms with Crippen molar-refractivity contribution in [1.82, 2.24) is 5.32 Å². The van der Waals surface area contributed by atoms with Crippen LogP contribution in [0.2, 0.25) is 0 Å². The molecule has 0 radical (unpaired) electrons. The lowest BCUT2D eigenvalue weighted by Crippen LogP contribution is -2.36. The Morgan fingerprint density at radius 1 is 1.05 bits per heavy atom. The molecular weight excluding hydrogens is 254 g/mol. The quantitative estimate of drug-likeness (QED) is 0.530. The molecule has 0 fully saturated rings. The summed E-state index contributed by atoms with van der Waals surface area (Å²) in [5, 5.41) is 3.11. The van der Waals surface area contributed by atoms with Crippen LogP contribution < -0.4 is 5.32 Å². The van der Waals surface area contributed by atoms with Crippen LogP contribution >= 0.6 is 11.8 Å². The van der Waals surface area contributed by atoms with Crippen LogP contribution in [0, 0.1) is 5.41 Å². The van der Waals surface area contributed by atoms with Gasteiger partial charge in [-0.1, -0.05) is 59.3 Å². The number of nitrogens with one attached hydrogen (secondary N) is 1. The van der Waals surface area contributed by atoms with Crippen molar-refractivity contribution in [2.45, 2.75) is 72.1 Å². The van der Waals surface area contributed by atoms with E-state index in [9.17, 15) is 4.79 Å². The molecule has 1 amide bonds. The highest BCUT2D eigenvalue weighted by Gasteiger charge is 2.23. The van der Waals surface area contributed by atoms with Crippen molar-refractivity contribution in [2.24, 2.45) is 5.41 Å². The Kier molecular flexibility index (Phi) is 11.5. The maximum atomic E-state index is 11.6. The number of unbranched alkanes of at least 4 members (excludes halogenated alkanes) is 4. The van der Waals surface area contributed by atoms with Crippen molar-refractivity contribution in [3.05, 3.63) is 0 Å². The van der Waals surface area contributed by atoms with Crippen LogP contribution in [0.5, 0.6) is 0 Å². The lowest BCUT2D eigenvalue weighted by atomic mass is 9.80. The summed E-state index contributed by atoms with van der Waals surface area (Å²) in [5.41, 5.74) is 0.290. The average molecular weight is 288 g/mol. The van der Waals surface area contributed by atoms with E-state index in [2.05, 4.69) is 26.1 Å². The Morgan fingerprint density at radius 2 is 1.68 bits per heavy atom. The summed E-state index contributed by atoms with van der Waals surface area (Å²) < 4.78 is 0. The molecule has 0 bridgehead atoms. The van der Waals surface area contributed by atoms with E-state index in [1.54, 1.807) is 11.8 Å². The molecule has 0 spiro atoms. The molecule has 0 aliphatic heterocycles. The summed E-state index contributed by atoms with van der Waals surface area (Å²) in [7, 11) is 0. The SMILES string of the molecule is CCCCCCC(C)(CCCC)CNC(=O)CSC. The molecule has 0 aliphatic carbocycles. The molecule has 1 atom stereocenters. The maximum Gasteiger partial charge on any atom is 0.230 e. The third-order valence-electron chi connectivity index (χ3n) is 3.76. The molecule has 0 aromatic heterocycles. The van der Waals surface area contributed by atoms with Gasteiger partial charge in [-0.15, -0.1) is 0 Å². The van der Waals surface area contributed by atoms with E-state index < -0.39 is 0 Å². The Bertz CT molecular complexity index is 233. The number of thioether (sulfide) groups is 1. The molecule has 0 heterocycles. The zero-order valence-corrected chi connectivity index (χ0v) is 14.2. The summed E-state index contributed by atoms with van der Waals surface area (Å²) >= 11 is 1.59. The van der Waals surface area contributed by atoms with Gasteiger partial charge >= 0.3 is 0 Å². The fourth-order valence-corrected chi connectivity index (χ4v) is 2.74. The Hall–Kier alpha value is -0.180. The van der Waals surface area contributed by atoms with Crippen molar-refractivity contribution in [1.29, 1.82) is 0 Å². The zero-order valence-electron chi connectivity index (χ0n) is 13.4. The first-order valence-electron chi connectivity index (χ1n) is 7.83. The predicted molar refractivity (Wildman–Crippen MR) is 87.8 cm³/mol. The monoisotopic (exact) mass is 287 g/mol. The Balaban J connectivity index is 4.12. The minimum absolute atomic E-state index is 0.184. The van der Waals surface area contributed by atoms with Crippen molar-refractivity contribution in [3.63, 3.8) is 0 Å². The number of hydrogen-bond acceptors (Lipinski definition) is 2. The van der Waals surface area contributed by atoms with Gasteiger partial charge < -0.3 is 5.32 Å². The molecule has 0 rings (SSSR count). The molecule has 1 unspecified atom stereocenters. The number of carbonyl (C=O) groups is 1. The highest BCUT2D eigenvalue weighted by Crippen LogP contribution is 2.30. The lowest BCUT2D eigenvalue weighted by molar-refractivity contribution is -0.119. The summed E-state index contributed by atoms with van der Waals surface area (Å²) in [5.74, 6) is 0.767. The van der Waals surface area contributed by atoms with E-state index in [0.29, 0.717) is 5.75 Å². The van der Waals surface area contributed by atoms with E-state index in [1.165, 1.54) is 51.4 Å². The fraction of sp³-hybridized carbons (Fsp3) is 0.938. The molecule has 114 valence electrons. The van der Waals surface area contributed by atoms with Crippen LogP contribution in [-0.2, 0) is 4.79 Å². The molecule has 0 saturated heterocycles. The summed E-state index contributed by atoms with van der Waals surface area (Å²) in [6.45, 7) is 7.68.